The van der Waals surface area contributed by atoms with Crippen LogP contribution >= 0.6 is 11.3 Å². The molecule has 0 radical (unpaired) electrons. The molecule has 1 aromatic carbocycles. The first-order valence-electron chi connectivity index (χ1n) is 6.25. The fourth-order valence-electron chi connectivity index (χ4n) is 2.05. The molecule has 4 nitrogen and oxygen atoms in total. The Morgan fingerprint density at radius 1 is 1.25 bits per heavy atom. The molecule has 0 amide bonds. The quantitative estimate of drug-likeness (QED) is 0.893. The van der Waals surface area contributed by atoms with E-state index in [1.54, 1.807) is 13.1 Å². The van der Waals surface area contributed by atoms with E-state index in [2.05, 4.69) is 10.0 Å². The van der Waals surface area contributed by atoms with Crippen LogP contribution in [0.15, 0.2) is 34.5 Å². The van der Waals surface area contributed by atoms with Crippen LogP contribution in [0, 0.1) is 13.8 Å². The third kappa shape index (κ3) is 3.20. The molecule has 2 aromatic rings. The van der Waals surface area contributed by atoms with E-state index >= 15 is 0 Å². The summed E-state index contributed by atoms with van der Waals surface area (Å²) in [6.07, 6.45) is 0. The molecule has 0 saturated heterocycles. The zero-order valence-corrected chi connectivity index (χ0v) is 13.4. The Balaban J connectivity index is 2.38. The summed E-state index contributed by atoms with van der Waals surface area (Å²) in [6, 6.07) is 7.34. The lowest BCUT2D eigenvalue weighted by Gasteiger charge is -2.10. The topological polar surface area (TPSA) is 58.2 Å². The van der Waals surface area contributed by atoms with Crippen molar-refractivity contribution >= 4 is 27.0 Å². The van der Waals surface area contributed by atoms with Gasteiger partial charge in [-0.2, -0.15) is 0 Å². The molecule has 0 bridgehead atoms. The highest BCUT2D eigenvalue weighted by molar-refractivity contribution is 7.93. The van der Waals surface area contributed by atoms with Crippen molar-refractivity contribution in [3.8, 4) is 0 Å². The van der Waals surface area contributed by atoms with Crippen LogP contribution in [0.4, 0.5) is 5.69 Å². The number of anilines is 1. The van der Waals surface area contributed by atoms with Gasteiger partial charge in [-0.05, 0) is 49.5 Å². The number of aryl methyl sites for hydroxylation is 2. The molecule has 0 spiro atoms. The highest BCUT2D eigenvalue weighted by Gasteiger charge is 2.22. The number of rotatable bonds is 5. The van der Waals surface area contributed by atoms with Crippen LogP contribution in [0.5, 0.6) is 0 Å². The maximum Gasteiger partial charge on any atom is 0.263 e. The van der Waals surface area contributed by atoms with Gasteiger partial charge in [0.15, 0.2) is 0 Å². The molecule has 0 aliphatic carbocycles. The van der Waals surface area contributed by atoms with Crippen LogP contribution in [0.1, 0.15) is 16.0 Å². The van der Waals surface area contributed by atoms with Crippen molar-refractivity contribution in [3.05, 3.63) is 45.6 Å². The van der Waals surface area contributed by atoms with Gasteiger partial charge >= 0.3 is 0 Å². The molecular weight excluding hydrogens is 292 g/mol. The first-order chi connectivity index (χ1) is 9.44. The predicted octanol–water partition coefficient (Wildman–Crippen LogP) is 2.89. The van der Waals surface area contributed by atoms with Gasteiger partial charge in [0.25, 0.3) is 10.0 Å². The Hall–Kier alpha value is -1.37. The molecule has 20 heavy (non-hydrogen) atoms. The first kappa shape index (κ1) is 15.0. The highest BCUT2D eigenvalue weighted by Crippen LogP contribution is 2.28. The van der Waals surface area contributed by atoms with Crippen LogP contribution in [0.25, 0.3) is 0 Å². The second-order valence-electron chi connectivity index (χ2n) is 4.68. The van der Waals surface area contributed by atoms with Crippen molar-refractivity contribution in [1.82, 2.24) is 5.32 Å². The van der Waals surface area contributed by atoms with Gasteiger partial charge in [-0.3, -0.25) is 4.72 Å². The molecule has 0 aliphatic rings. The van der Waals surface area contributed by atoms with Crippen LogP contribution < -0.4 is 10.0 Å². The summed E-state index contributed by atoms with van der Waals surface area (Å²) in [5.41, 5.74) is 2.38. The van der Waals surface area contributed by atoms with Crippen LogP contribution in [-0.2, 0) is 16.6 Å². The fourth-order valence-corrected chi connectivity index (χ4v) is 4.92. The van der Waals surface area contributed by atoms with Gasteiger partial charge in [0.1, 0.15) is 4.90 Å². The maximum absolute atomic E-state index is 12.6. The maximum atomic E-state index is 12.6. The van der Waals surface area contributed by atoms with Gasteiger partial charge in [0, 0.05) is 17.1 Å². The number of sulfonamides is 1. The number of hydrogen-bond donors (Lipinski definition) is 2. The van der Waals surface area contributed by atoms with E-state index in [9.17, 15) is 8.42 Å². The summed E-state index contributed by atoms with van der Waals surface area (Å²) >= 11 is 1.46. The van der Waals surface area contributed by atoms with Gasteiger partial charge in [-0.25, -0.2) is 8.42 Å². The monoisotopic (exact) mass is 310 g/mol. The second kappa shape index (κ2) is 5.95. The lowest BCUT2D eigenvalue weighted by molar-refractivity contribution is 0.599. The van der Waals surface area contributed by atoms with E-state index in [-0.39, 0.29) is 0 Å². The predicted molar refractivity (Wildman–Crippen MR) is 83.8 cm³/mol. The highest BCUT2D eigenvalue weighted by atomic mass is 32.2. The normalized spacial score (nSPS) is 11.6. The zero-order chi connectivity index (χ0) is 14.8. The molecule has 2 N–H and O–H groups in total. The molecule has 0 fully saturated rings. The number of benzene rings is 1. The largest absolute Gasteiger partial charge is 0.315 e. The first-order valence-corrected chi connectivity index (χ1v) is 8.61. The molecule has 2 rings (SSSR count). The third-order valence-electron chi connectivity index (χ3n) is 2.87. The summed E-state index contributed by atoms with van der Waals surface area (Å²) < 4.78 is 27.8. The SMILES string of the molecule is CNCc1scc(C)c1S(=O)(=O)Nc1cccc(C)c1. The Labute approximate surface area is 123 Å². The van der Waals surface area contributed by atoms with Crippen molar-refractivity contribution in [2.24, 2.45) is 0 Å². The van der Waals surface area contributed by atoms with Crippen LogP contribution in [0.3, 0.4) is 0 Å². The summed E-state index contributed by atoms with van der Waals surface area (Å²) in [4.78, 5) is 1.21. The van der Waals surface area contributed by atoms with E-state index in [1.807, 2.05) is 37.4 Å². The Bertz CT molecular complexity index is 706. The molecular formula is C14H18N2O2S2. The number of nitrogens with one attached hydrogen (secondary N) is 2. The van der Waals surface area contributed by atoms with E-state index < -0.39 is 10.0 Å². The molecule has 0 unspecified atom stereocenters. The van der Waals surface area contributed by atoms with Gasteiger partial charge in [-0.15, -0.1) is 11.3 Å². The molecule has 0 aliphatic heterocycles. The summed E-state index contributed by atoms with van der Waals surface area (Å²) in [7, 11) is -1.74. The van der Waals surface area contributed by atoms with Crippen LogP contribution in [-0.4, -0.2) is 15.5 Å². The fraction of sp³-hybridized carbons (Fsp3) is 0.286. The minimum Gasteiger partial charge on any atom is -0.315 e. The summed E-state index contributed by atoms with van der Waals surface area (Å²) in [5.74, 6) is 0. The van der Waals surface area contributed by atoms with E-state index in [4.69, 9.17) is 0 Å². The lowest BCUT2D eigenvalue weighted by Crippen LogP contribution is -2.16. The lowest BCUT2D eigenvalue weighted by atomic mass is 10.2. The molecule has 1 heterocycles. The number of hydrogen-bond acceptors (Lipinski definition) is 4. The Morgan fingerprint density at radius 3 is 2.65 bits per heavy atom. The Kier molecular flexibility index (Phi) is 4.47. The summed E-state index contributed by atoms with van der Waals surface area (Å²) in [5, 5.41) is 4.87. The molecule has 1 aromatic heterocycles. The van der Waals surface area contributed by atoms with Gasteiger partial charge in [0.05, 0.1) is 0 Å². The minimum atomic E-state index is -3.55. The van der Waals surface area contributed by atoms with Gasteiger partial charge in [-0.1, -0.05) is 12.1 Å². The smallest absolute Gasteiger partial charge is 0.263 e. The van der Waals surface area contributed by atoms with Crippen molar-refractivity contribution < 1.29 is 8.42 Å². The molecule has 108 valence electrons. The van der Waals surface area contributed by atoms with E-state index in [0.29, 0.717) is 17.1 Å². The average Bonchev–Trinajstić information content (AvgIpc) is 2.71. The van der Waals surface area contributed by atoms with Gasteiger partial charge in [0.2, 0.25) is 0 Å². The van der Waals surface area contributed by atoms with Gasteiger partial charge < -0.3 is 5.32 Å². The average molecular weight is 310 g/mol. The second-order valence-corrected chi connectivity index (χ2v) is 7.26. The standard InChI is InChI=1S/C14H18N2O2S2/c1-10-5-4-6-12(7-10)16-20(17,18)14-11(2)9-19-13(14)8-15-3/h4-7,9,15-16H,8H2,1-3H3. The van der Waals surface area contributed by atoms with Crippen molar-refractivity contribution in [3.63, 3.8) is 0 Å². The van der Waals surface area contributed by atoms with Crippen LogP contribution in [0.2, 0.25) is 0 Å². The summed E-state index contributed by atoms with van der Waals surface area (Å²) in [6.45, 7) is 4.29. The molecule has 0 atom stereocenters. The van der Waals surface area contributed by atoms with E-state index in [1.165, 1.54) is 11.3 Å². The third-order valence-corrected chi connectivity index (χ3v) is 5.71. The van der Waals surface area contributed by atoms with Crippen molar-refractivity contribution in [2.75, 3.05) is 11.8 Å². The van der Waals surface area contributed by atoms with E-state index in [0.717, 1.165) is 16.0 Å². The zero-order valence-electron chi connectivity index (χ0n) is 11.7. The number of thiophene rings is 1. The molecule has 6 heteroatoms. The minimum absolute atomic E-state index is 0.387. The van der Waals surface area contributed by atoms with Crippen molar-refractivity contribution in [2.45, 2.75) is 25.3 Å². The molecule has 0 saturated carbocycles. The Morgan fingerprint density at radius 2 is 2.00 bits per heavy atom. The van der Waals surface area contributed by atoms with Crippen molar-refractivity contribution in [1.29, 1.82) is 0 Å².